The van der Waals surface area contributed by atoms with Gasteiger partial charge in [0, 0.05) is 31.4 Å². The van der Waals surface area contributed by atoms with Gasteiger partial charge in [0.2, 0.25) is 5.91 Å². The number of fused-ring (bicyclic) bond motifs is 1. The number of hydrogen-bond acceptors (Lipinski definition) is 3. The van der Waals surface area contributed by atoms with E-state index in [9.17, 15) is 22.8 Å². The van der Waals surface area contributed by atoms with Crippen molar-refractivity contribution in [2.24, 2.45) is 0 Å². The Morgan fingerprint density at radius 2 is 1.94 bits per heavy atom. The molecule has 35 heavy (non-hydrogen) atoms. The monoisotopic (exact) mass is 507 g/mol. The number of hydrogen-bond donors (Lipinski definition) is 0. The molecule has 0 unspecified atom stereocenters. The highest BCUT2D eigenvalue weighted by Gasteiger charge is 2.47. The molecule has 2 aliphatic rings. The van der Waals surface area contributed by atoms with E-state index in [-0.39, 0.29) is 24.0 Å². The summed E-state index contributed by atoms with van der Waals surface area (Å²) >= 11 is 1.60. The largest absolute Gasteiger partial charge is 0.416 e. The third-order valence-electron chi connectivity index (χ3n) is 7.61. The first kappa shape index (κ1) is 25.5. The van der Waals surface area contributed by atoms with Crippen molar-refractivity contribution in [3.63, 3.8) is 0 Å². The van der Waals surface area contributed by atoms with E-state index in [2.05, 4.69) is 5.38 Å². The van der Waals surface area contributed by atoms with Crippen molar-refractivity contribution in [1.82, 2.24) is 14.7 Å². The van der Waals surface area contributed by atoms with Crippen molar-refractivity contribution in [2.45, 2.75) is 71.3 Å². The second-order valence-electron chi connectivity index (χ2n) is 9.62. The number of urea groups is 1. The van der Waals surface area contributed by atoms with Crippen molar-refractivity contribution in [2.75, 3.05) is 20.1 Å². The van der Waals surface area contributed by atoms with E-state index < -0.39 is 17.8 Å². The molecule has 0 N–H and O–H groups in total. The van der Waals surface area contributed by atoms with Crippen LogP contribution in [0.15, 0.2) is 23.6 Å². The number of piperazine rings is 1. The molecule has 2 aliphatic heterocycles. The maximum Gasteiger partial charge on any atom is 0.416 e. The number of rotatable bonds is 4. The highest BCUT2D eigenvalue weighted by molar-refractivity contribution is 7.10. The van der Waals surface area contributed by atoms with Gasteiger partial charge in [-0.15, -0.1) is 11.3 Å². The van der Waals surface area contributed by atoms with Crippen LogP contribution in [0.2, 0.25) is 0 Å². The van der Waals surface area contributed by atoms with Gasteiger partial charge in [0.15, 0.2) is 0 Å². The smallest absolute Gasteiger partial charge is 0.335 e. The van der Waals surface area contributed by atoms with Crippen molar-refractivity contribution in [1.29, 1.82) is 0 Å². The second kappa shape index (κ2) is 9.48. The Labute approximate surface area is 208 Å². The average molecular weight is 508 g/mol. The second-order valence-corrected chi connectivity index (χ2v) is 10.5. The van der Waals surface area contributed by atoms with Crippen molar-refractivity contribution in [3.05, 3.63) is 56.3 Å². The molecule has 1 aromatic carbocycles. The predicted octanol–water partition coefficient (Wildman–Crippen LogP) is 6.11. The molecule has 2 fully saturated rings. The fourth-order valence-corrected chi connectivity index (χ4v) is 6.44. The topological polar surface area (TPSA) is 43.9 Å². The minimum Gasteiger partial charge on any atom is -0.335 e. The molecule has 4 rings (SSSR count). The van der Waals surface area contributed by atoms with E-state index in [1.165, 1.54) is 11.0 Å². The van der Waals surface area contributed by atoms with Crippen LogP contribution in [0.1, 0.15) is 71.5 Å². The summed E-state index contributed by atoms with van der Waals surface area (Å²) in [5.41, 5.74) is 2.63. The summed E-state index contributed by atoms with van der Waals surface area (Å²) in [5, 5.41) is 2.07. The molecule has 0 bridgehead atoms. The lowest BCUT2D eigenvalue weighted by molar-refractivity contribution is -0.137. The van der Waals surface area contributed by atoms with Crippen LogP contribution in [-0.2, 0) is 17.4 Å². The minimum absolute atomic E-state index is 0.0825. The van der Waals surface area contributed by atoms with Crippen LogP contribution in [-0.4, -0.2) is 52.8 Å². The van der Waals surface area contributed by atoms with E-state index in [1.54, 1.807) is 31.4 Å². The third kappa shape index (κ3) is 4.67. The summed E-state index contributed by atoms with van der Waals surface area (Å²) in [6.07, 6.45) is -2.81. The zero-order valence-corrected chi connectivity index (χ0v) is 21.6. The van der Waals surface area contributed by atoms with E-state index in [1.807, 2.05) is 30.6 Å². The van der Waals surface area contributed by atoms with E-state index in [4.69, 9.17) is 0 Å². The molecule has 190 valence electrons. The van der Waals surface area contributed by atoms with E-state index in [0.29, 0.717) is 43.5 Å². The summed E-state index contributed by atoms with van der Waals surface area (Å²) in [6.45, 7) is 8.52. The predicted molar refractivity (Wildman–Crippen MR) is 130 cm³/mol. The minimum atomic E-state index is -4.45. The summed E-state index contributed by atoms with van der Waals surface area (Å²) in [7, 11) is 1.65. The number of halogens is 3. The standard InChI is InChI=1S/C26H32F3N3O2S/c1-6-18-11-19(13-20(12-18)26(27,28)29)17(4)30(5)25(34)32-10-9-31-21(7-8-22(31)33)23(32)24-16(3)15(2)14-35-24/h11-14,17,21,23H,6-10H2,1-5H3/t17-,21+,23-/m1/s1. The van der Waals surface area contributed by atoms with Gasteiger partial charge in [-0.25, -0.2) is 4.79 Å². The summed E-state index contributed by atoms with van der Waals surface area (Å²) in [6, 6.07) is 2.94. The molecule has 1 aromatic heterocycles. The van der Waals surface area contributed by atoms with Crippen LogP contribution < -0.4 is 0 Å². The Hall–Kier alpha value is -2.55. The van der Waals surface area contributed by atoms with Crippen LogP contribution in [0, 0.1) is 13.8 Å². The van der Waals surface area contributed by atoms with Crippen LogP contribution in [0.3, 0.4) is 0 Å². The fraction of sp³-hybridized carbons (Fsp3) is 0.538. The molecule has 0 spiro atoms. The Bertz CT molecular complexity index is 1130. The maximum absolute atomic E-state index is 13.9. The van der Waals surface area contributed by atoms with Crippen LogP contribution >= 0.6 is 11.3 Å². The average Bonchev–Trinajstić information content (AvgIpc) is 3.37. The number of aryl methyl sites for hydroxylation is 2. The number of carbonyl (C=O) groups excluding carboxylic acids is 2. The summed E-state index contributed by atoms with van der Waals surface area (Å²) < 4.78 is 40.5. The summed E-state index contributed by atoms with van der Waals surface area (Å²) in [5.74, 6) is 0.121. The van der Waals surface area contributed by atoms with Crippen molar-refractivity contribution >= 4 is 23.3 Å². The molecule has 0 aliphatic carbocycles. The molecule has 2 aromatic rings. The lowest BCUT2D eigenvalue weighted by Crippen LogP contribution is -2.57. The maximum atomic E-state index is 13.9. The first-order valence-corrected chi connectivity index (χ1v) is 12.9. The number of carbonyl (C=O) groups is 2. The van der Waals surface area contributed by atoms with Gasteiger partial charge in [-0.2, -0.15) is 13.2 Å². The number of alkyl halides is 3. The molecule has 0 radical (unpaired) electrons. The Balaban J connectivity index is 1.67. The fourth-order valence-electron chi connectivity index (χ4n) is 5.20. The number of nitrogens with zero attached hydrogens (tertiary/aromatic N) is 3. The lowest BCUT2D eigenvalue weighted by atomic mass is 9.96. The van der Waals surface area contributed by atoms with Crippen LogP contribution in [0.25, 0.3) is 0 Å². The van der Waals surface area contributed by atoms with E-state index in [0.717, 1.165) is 22.1 Å². The number of benzene rings is 1. The molecular weight excluding hydrogens is 475 g/mol. The third-order valence-corrected chi connectivity index (χ3v) is 8.88. The van der Waals surface area contributed by atoms with Gasteiger partial charge >= 0.3 is 12.2 Å². The van der Waals surface area contributed by atoms with Crippen molar-refractivity contribution in [3.8, 4) is 0 Å². The van der Waals surface area contributed by atoms with Crippen LogP contribution in [0.4, 0.5) is 18.0 Å². The van der Waals surface area contributed by atoms with Gasteiger partial charge in [0.1, 0.15) is 0 Å². The van der Waals surface area contributed by atoms with Gasteiger partial charge < -0.3 is 14.7 Å². The van der Waals surface area contributed by atoms with Gasteiger partial charge in [0.25, 0.3) is 0 Å². The molecule has 9 heteroatoms. The molecular formula is C26H32F3N3O2S. The highest BCUT2D eigenvalue weighted by atomic mass is 32.1. The molecule has 2 saturated heterocycles. The molecule has 3 heterocycles. The van der Waals surface area contributed by atoms with Crippen molar-refractivity contribution < 1.29 is 22.8 Å². The molecule has 3 amide bonds. The SMILES string of the molecule is CCc1cc([C@@H](C)N(C)C(=O)N2CCN3C(=O)CC[C@H]3[C@@H]2c2scc(C)c2C)cc(C(F)(F)F)c1. The van der Waals surface area contributed by atoms with Gasteiger partial charge in [-0.3, -0.25) is 4.79 Å². The number of amides is 3. The first-order chi connectivity index (χ1) is 16.4. The van der Waals surface area contributed by atoms with Crippen LogP contribution in [0.5, 0.6) is 0 Å². The zero-order valence-electron chi connectivity index (χ0n) is 20.8. The number of thiophene rings is 1. The van der Waals surface area contributed by atoms with E-state index >= 15 is 0 Å². The van der Waals surface area contributed by atoms with Gasteiger partial charge in [-0.1, -0.05) is 13.0 Å². The first-order valence-electron chi connectivity index (χ1n) is 12.0. The molecule has 0 saturated carbocycles. The Morgan fingerprint density at radius 3 is 2.54 bits per heavy atom. The Kier molecular flexibility index (Phi) is 6.92. The molecule has 5 nitrogen and oxygen atoms in total. The highest BCUT2D eigenvalue weighted by Crippen LogP contribution is 2.43. The Morgan fingerprint density at radius 1 is 1.23 bits per heavy atom. The molecule has 3 atom stereocenters. The van der Waals surface area contributed by atoms with Gasteiger partial charge in [-0.05, 0) is 73.4 Å². The normalized spacial score (nSPS) is 21.3. The van der Waals surface area contributed by atoms with Gasteiger partial charge in [0.05, 0.1) is 23.7 Å². The lowest BCUT2D eigenvalue weighted by Gasteiger charge is -2.46. The summed E-state index contributed by atoms with van der Waals surface area (Å²) in [4.78, 5) is 32.7. The quantitative estimate of drug-likeness (QED) is 0.501. The zero-order chi connectivity index (χ0) is 25.7.